The van der Waals surface area contributed by atoms with E-state index in [1.165, 1.54) is 6.42 Å². The van der Waals surface area contributed by atoms with Crippen molar-refractivity contribution in [3.05, 3.63) is 0 Å². The number of carbonyl (C=O) groups excluding carboxylic acids is 3. The minimum absolute atomic E-state index is 0.0358. The average Bonchev–Trinajstić information content (AvgIpc) is 3.26. The Hall–Kier alpha value is -0.860. The van der Waals surface area contributed by atoms with Crippen LogP contribution in [0.15, 0.2) is 0 Å². The van der Waals surface area contributed by atoms with Crippen molar-refractivity contribution in [2.75, 3.05) is 0 Å². The van der Waals surface area contributed by atoms with Gasteiger partial charge in [-0.05, 0) is 45.4 Å². The summed E-state index contributed by atoms with van der Waals surface area (Å²) in [5.41, 5.74) is 0. The zero-order chi connectivity index (χ0) is 19.3. The van der Waals surface area contributed by atoms with Crippen molar-refractivity contribution in [1.82, 2.24) is 0 Å². The molecule has 1 heterocycles. The highest BCUT2D eigenvalue weighted by atomic mass is 127. The van der Waals surface area contributed by atoms with Gasteiger partial charge in [0.15, 0.2) is 0 Å². The zero-order valence-electron chi connectivity index (χ0n) is 15.8. The summed E-state index contributed by atoms with van der Waals surface area (Å²) in [5.74, 6) is -2.12. The second-order valence-corrected chi connectivity index (χ2v) is 11.0. The number of esters is 3. The minimum Gasteiger partial charge on any atom is -0.462 e. The van der Waals surface area contributed by atoms with Crippen molar-refractivity contribution in [2.24, 2.45) is 23.7 Å². The molecule has 3 aliphatic carbocycles. The fourth-order valence-corrected chi connectivity index (χ4v) is 5.41. The molecule has 7 heteroatoms. The van der Waals surface area contributed by atoms with Crippen LogP contribution in [0.25, 0.3) is 0 Å². The van der Waals surface area contributed by atoms with Gasteiger partial charge in [0.2, 0.25) is 0 Å². The predicted octanol–water partition coefficient (Wildman–Crippen LogP) is 3.19. The lowest BCUT2D eigenvalue weighted by Gasteiger charge is -2.33. The van der Waals surface area contributed by atoms with Crippen molar-refractivity contribution in [3.63, 3.8) is 0 Å². The lowest BCUT2D eigenvalue weighted by Crippen LogP contribution is -2.46. The lowest BCUT2D eigenvalue weighted by atomic mass is 9.78. The highest BCUT2D eigenvalue weighted by Gasteiger charge is 2.70. The molecule has 6 nitrogen and oxygen atoms in total. The molecule has 7 atom stereocenters. The van der Waals surface area contributed by atoms with Gasteiger partial charge in [-0.15, -0.1) is 0 Å². The predicted molar refractivity (Wildman–Crippen MR) is 104 cm³/mol. The van der Waals surface area contributed by atoms with Gasteiger partial charge in [0, 0.05) is 11.8 Å². The van der Waals surface area contributed by atoms with Gasteiger partial charge in [-0.2, -0.15) is 0 Å². The molecule has 4 rings (SSSR count). The Morgan fingerprint density at radius 2 is 1.89 bits per heavy atom. The number of carbonyl (C=O) groups is 3. The maximum Gasteiger partial charge on any atom is 0.322 e. The van der Waals surface area contributed by atoms with E-state index in [2.05, 4.69) is 22.6 Å². The molecule has 1 saturated heterocycles. The van der Waals surface area contributed by atoms with E-state index < -0.39 is 27.5 Å². The summed E-state index contributed by atoms with van der Waals surface area (Å²) in [5, 5.41) is 0. The molecule has 4 aliphatic rings. The van der Waals surface area contributed by atoms with Gasteiger partial charge in [0.05, 0.1) is 11.8 Å². The third-order valence-corrected chi connectivity index (χ3v) is 8.19. The Kier molecular flexibility index (Phi) is 5.18. The van der Waals surface area contributed by atoms with E-state index in [9.17, 15) is 14.4 Å². The number of ether oxygens (including phenoxy) is 3. The summed E-state index contributed by atoms with van der Waals surface area (Å²) in [7, 11) is 0. The van der Waals surface area contributed by atoms with Crippen molar-refractivity contribution in [1.29, 1.82) is 0 Å². The topological polar surface area (TPSA) is 78.9 Å². The van der Waals surface area contributed by atoms with Gasteiger partial charge >= 0.3 is 17.9 Å². The third kappa shape index (κ3) is 3.27. The molecule has 27 heavy (non-hydrogen) atoms. The lowest BCUT2D eigenvalue weighted by molar-refractivity contribution is -0.169. The molecule has 0 aromatic heterocycles. The zero-order valence-corrected chi connectivity index (χ0v) is 18.0. The number of hydrogen-bond donors (Lipinski definition) is 0. The molecule has 3 saturated carbocycles. The first-order valence-corrected chi connectivity index (χ1v) is 11.2. The summed E-state index contributed by atoms with van der Waals surface area (Å²) >= 11 is 2.10. The first-order valence-electron chi connectivity index (χ1n) is 10.1. The van der Waals surface area contributed by atoms with Crippen LogP contribution in [0.5, 0.6) is 0 Å². The van der Waals surface area contributed by atoms with Gasteiger partial charge in [-0.3, -0.25) is 14.4 Å². The van der Waals surface area contributed by atoms with E-state index in [-0.39, 0.29) is 35.8 Å². The molecule has 0 radical (unpaired) electrons. The largest absolute Gasteiger partial charge is 0.462 e. The minimum atomic E-state index is -0.625. The third-order valence-electron chi connectivity index (χ3n) is 6.99. The number of fused-ring (bicyclic) bond motifs is 1. The van der Waals surface area contributed by atoms with E-state index in [0.29, 0.717) is 12.8 Å². The van der Waals surface area contributed by atoms with Crippen LogP contribution in [0.3, 0.4) is 0 Å². The summed E-state index contributed by atoms with van der Waals surface area (Å²) in [6.07, 6.45) is 5.48. The van der Waals surface area contributed by atoms with Crippen LogP contribution in [0.1, 0.15) is 58.8 Å². The number of rotatable bonds is 5. The summed E-state index contributed by atoms with van der Waals surface area (Å²) in [6, 6.07) is 0. The molecule has 150 valence electrons. The highest BCUT2D eigenvalue weighted by molar-refractivity contribution is 14.1. The van der Waals surface area contributed by atoms with Gasteiger partial charge in [-0.25, -0.2) is 0 Å². The van der Waals surface area contributed by atoms with Crippen LogP contribution in [0.4, 0.5) is 0 Å². The van der Waals surface area contributed by atoms with Crippen molar-refractivity contribution in [3.8, 4) is 0 Å². The molecule has 0 aromatic carbocycles. The van der Waals surface area contributed by atoms with E-state index in [4.69, 9.17) is 14.2 Å². The molecule has 0 aromatic rings. The Labute approximate surface area is 173 Å². The van der Waals surface area contributed by atoms with Crippen molar-refractivity contribution in [2.45, 2.75) is 80.5 Å². The first kappa shape index (κ1) is 19.5. The van der Waals surface area contributed by atoms with E-state index >= 15 is 0 Å². The van der Waals surface area contributed by atoms with Gasteiger partial charge in [0.25, 0.3) is 0 Å². The second kappa shape index (κ2) is 7.19. The Morgan fingerprint density at radius 3 is 2.56 bits per heavy atom. The summed E-state index contributed by atoms with van der Waals surface area (Å²) in [4.78, 5) is 38.0. The van der Waals surface area contributed by atoms with E-state index in [0.717, 1.165) is 25.7 Å². The Morgan fingerprint density at radius 1 is 1.19 bits per heavy atom. The molecular formula is C20H27IO6. The summed E-state index contributed by atoms with van der Waals surface area (Å²) < 4.78 is 16.5. The molecule has 0 amide bonds. The summed E-state index contributed by atoms with van der Waals surface area (Å²) in [6.45, 7) is 3.77. The molecule has 6 unspecified atom stereocenters. The van der Waals surface area contributed by atoms with Crippen LogP contribution in [-0.2, 0) is 28.6 Å². The number of halogens is 1. The Bertz CT molecular complexity index is 640. The smallest absolute Gasteiger partial charge is 0.322 e. The van der Waals surface area contributed by atoms with Crippen LogP contribution < -0.4 is 0 Å². The quantitative estimate of drug-likeness (QED) is 0.255. The maximum absolute atomic E-state index is 12.9. The molecule has 1 aliphatic heterocycles. The number of hydrogen-bond acceptors (Lipinski definition) is 6. The van der Waals surface area contributed by atoms with Crippen molar-refractivity contribution >= 4 is 40.5 Å². The van der Waals surface area contributed by atoms with Gasteiger partial charge < -0.3 is 14.2 Å². The van der Waals surface area contributed by atoms with Crippen LogP contribution in [0, 0.1) is 23.7 Å². The fourth-order valence-electron chi connectivity index (χ4n) is 5.29. The maximum atomic E-state index is 12.9. The standard InChI is InChI=1S/C20H27IO6/c1-3-20(2,21)19(24)27-16-12-9-11-14(18(23)26-15(11)16)13(12)17(22)25-10-7-5-4-6-8-10/h10-16H,3-9H2,1-2H3/t11?,12?,13-,14?,15?,16?,20?/m1/s1. The average molecular weight is 490 g/mol. The molecule has 0 N–H and O–H groups in total. The van der Waals surface area contributed by atoms with E-state index in [1.807, 2.05) is 13.8 Å². The van der Waals surface area contributed by atoms with Gasteiger partial charge in [0.1, 0.15) is 21.7 Å². The second-order valence-electron chi connectivity index (χ2n) is 8.63. The van der Waals surface area contributed by atoms with E-state index in [1.54, 1.807) is 0 Å². The fraction of sp³-hybridized carbons (Fsp3) is 0.850. The van der Waals surface area contributed by atoms with Crippen molar-refractivity contribution < 1.29 is 28.6 Å². The molecular weight excluding hydrogens is 463 g/mol. The molecule has 2 bridgehead atoms. The van der Waals surface area contributed by atoms with Gasteiger partial charge in [-0.1, -0.05) is 35.9 Å². The molecule has 0 spiro atoms. The van der Waals surface area contributed by atoms with Crippen LogP contribution in [0.2, 0.25) is 0 Å². The Balaban J connectivity index is 1.50. The SMILES string of the molecule is CCC(C)(I)C(=O)OC1C2OC(=O)C3C2CC1[C@H]3C(=O)OC1CCCCC1. The van der Waals surface area contributed by atoms with Crippen LogP contribution >= 0.6 is 22.6 Å². The first-order chi connectivity index (χ1) is 12.8. The normalized spacial score (nSPS) is 39.7. The highest BCUT2D eigenvalue weighted by Crippen LogP contribution is 2.59. The monoisotopic (exact) mass is 490 g/mol. The van der Waals surface area contributed by atoms with Crippen LogP contribution in [-0.4, -0.2) is 39.6 Å². The molecule has 4 fully saturated rings. The number of alkyl halides is 1.